The van der Waals surface area contributed by atoms with Crippen molar-refractivity contribution < 1.29 is 14.8 Å². The Hall–Kier alpha value is -1.63. The third-order valence-electron chi connectivity index (χ3n) is 3.60. The van der Waals surface area contributed by atoms with Gasteiger partial charge in [0.25, 0.3) is 5.69 Å². The number of rotatable bonds is 4. The number of aliphatic carboxylic acids is 1. The van der Waals surface area contributed by atoms with E-state index in [2.05, 4.69) is 21.2 Å². The summed E-state index contributed by atoms with van der Waals surface area (Å²) in [6.45, 7) is 0. The Morgan fingerprint density at radius 3 is 2.50 bits per heavy atom. The van der Waals surface area contributed by atoms with Gasteiger partial charge in [-0.2, -0.15) is 0 Å². The summed E-state index contributed by atoms with van der Waals surface area (Å²) < 4.78 is 0.645. The highest BCUT2D eigenvalue weighted by Crippen LogP contribution is 2.31. The van der Waals surface area contributed by atoms with Crippen LogP contribution in [0.2, 0.25) is 0 Å². The molecule has 0 spiro atoms. The van der Waals surface area contributed by atoms with Crippen LogP contribution in [0.4, 0.5) is 11.4 Å². The van der Waals surface area contributed by atoms with E-state index in [1.165, 1.54) is 12.1 Å². The average molecular weight is 343 g/mol. The molecule has 0 aliphatic heterocycles. The topological polar surface area (TPSA) is 92.5 Å². The number of carboxylic acid groups (broad SMARTS) is 1. The number of nitrogens with zero attached hydrogens (tertiary/aromatic N) is 1. The number of anilines is 1. The highest BCUT2D eigenvalue weighted by molar-refractivity contribution is 9.10. The number of nitrogens with one attached hydrogen (secondary N) is 1. The Morgan fingerprint density at radius 2 is 2.00 bits per heavy atom. The number of non-ortho nitro benzene ring substituents is 1. The number of benzene rings is 1. The van der Waals surface area contributed by atoms with Crippen LogP contribution >= 0.6 is 15.9 Å². The van der Waals surface area contributed by atoms with Gasteiger partial charge in [0.1, 0.15) is 0 Å². The number of nitro groups is 1. The number of hydrogen-bond acceptors (Lipinski definition) is 4. The molecular formula is C13H15BrN2O4. The van der Waals surface area contributed by atoms with E-state index < -0.39 is 10.9 Å². The Morgan fingerprint density at radius 1 is 1.35 bits per heavy atom. The summed E-state index contributed by atoms with van der Waals surface area (Å²) in [6.07, 6.45) is 2.91. The van der Waals surface area contributed by atoms with E-state index >= 15 is 0 Å². The molecule has 0 saturated heterocycles. The van der Waals surface area contributed by atoms with Crippen LogP contribution in [-0.2, 0) is 4.79 Å². The lowest BCUT2D eigenvalue weighted by atomic mass is 9.86. The Kier molecular flexibility index (Phi) is 4.59. The van der Waals surface area contributed by atoms with Crippen LogP contribution in [0.25, 0.3) is 0 Å². The van der Waals surface area contributed by atoms with E-state index in [0.29, 0.717) is 17.3 Å². The minimum Gasteiger partial charge on any atom is -0.481 e. The predicted molar refractivity (Wildman–Crippen MR) is 77.8 cm³/mol. The van der Waals surface area contributed by atoms with E-state index in [1.807, 2.05) is 0 Å². The second kappa shape index (κ2) is 6.21. The Balaban J connectivity index is 1.98. The molecule has 0 radical (unpaired) electrons. The molecule has 2 rings (SSSR count). The zero-order valence-corrected chi connectivity index (χ0v) is 12.3. The second-order valence-electron chi connectivity index (χ2n) is 4.95. The van der Waals surface area contributed by atoms with Crippen molar-refractivity contribution in [2.45, 2.75) is 31.7 Å². The van der Waals surface area contributed by atoms with E-state index in [9.17, 15) is 14.9 Å². The molecule has 20 heavy (non-hydrogen) atoms. The van der Waals surface area contributed by atoms with Crippen LogP contribution in [0.15, 0.2) is 22.7 Å². The van der Waals surface area contributed by atoms with Gasteiger partial charge in [-0.05, 0) is 47.7 Å². The fraction of sp³-hybridized carbons (Fsp3) is 0.462. The molecule has 108 valence electrons. The van der Waals surface area contributed by atoms with Crippen molar-refractivity contribution in [1.82, 2.24) is 0 Å². The van der Waals surface area contributed by atoms with Crippen LogP contribution in [0, 0.1) is 16.0 Å². The zero-order valence-electron chi connectivity index (χ0n) is 10.7. The molecule has 1 aromatic carbocycles. The fourth-order valence-corrected chi connectivity index (χ4v) is 2.92. The van der Waals surface area contributed by atoms with E-state index in [-0.39, 0.29) is 17.6 Å². The molecule has 6 nitrogen and oxygen atoms in total. The van der Waals surface area contributed by atoms with Gasteiger partial charge in [-0.15, -0.1) is 0 Å². The third-order valence-corrected chi connectivity index (χ3v) is 4.26. The molecule has 0 atom stereocenters. The third kappa shape index (κ3) is 3.47. The lowest BCUT2D eigenvalue weighted by Gasteiger charge is -2.27. The number of carbonyl (C=O) groups is 1. The van der Waals surface area contributed by atoms with Crippen molar-refractivity contribution in [3.63, 3.8) is 0 Å². The fourth-order valence-electron chi connectivity index (χ4n) is 2.44. The van der Waals surface area contributed by atoms with Gasteiger partial charge in [-0.1, -0.05) is 0 Å². The minimum absolute atomic E-state index is 0.0389. The smallest absolute Gasteiger partial charge is 0.306 e. The van der Waals surface area contributed by atoms with Gasteiger partial charge in [-0.3, -0.25) is 14.9 Å². The lowest BCUT2D eigenvalue weighted by Crippen LogP contribution is -2.29. The van der Waals surface area contributed by atoms with Gasteiger partial charge in [0, 0.05) is 28.3 Å². The Bertz CT molecular complexity index is 527. The van der Waals surface area contributed by atoms with Crippen LogP contribution in [0.3, 0.4) is 0 Å². The molecule has 1 aromatic rings. The molecule has 1 aliphatic carbocycles. The van der Waals surface area contributed by atoms with Gasteiger partial charge in [0.15, 0.2) is 0 Å². The molecule has 1 aliphatic rings. The van der Waals surface area contributed by atoms with E-state index in [1.54, 1.807) is 6.07 Å². The molecule has 0 heterocycles. The van der Waals surface area contributed by atoms with Crippen LogP contribution in [0.1, 0.15) is 25.7 Å². The molecule has 1 fully saturated rings. The van der Waals surface area contributed by atoms with Gasteiger partial charge in [-0.25, -0.2) is 0 Å². The quantitative estimate of drug-likeness (QED) is 0.646. The number of hydrogen-bond donors (Lipinski definition) is 2. The number of nitro benzene ring substituents is 1. The SMILES string of the molecule is O=C(O)C1CCC(Nc2ccc([N+](=O)[O-])cc2Br)CC1. The maximum absolute atomic E-state index is 10.9. The highest BCUT2D eigenvalue weighted by atomic mass is 79.9. The first-order chi connectivity index (χ1) is 9.47. The first kappa shape index (κ1) is 14.8. The number of carboxylic acids is 1. The molecular weight excluding hydrogens is 328 g/mol. The standard InChI is InChI=1S/C13H15BrN2O4/c14-11-7-10(16(19)20)5-6-12(11)15-9-3-1-8(2-4-9)13(17)18/h5-9,15H,1-4H2,(H,17,18). The molecule has 0 unspecified atom stereocenters. The first-order valence-corrected chi connectivity index (χ1v) is 7.20. The van der Waals surface area contributed by atoms with Crippen molar-refractivity contribution in [3.8, 4) is 0 Å². The molecule has 0 aromatic heterocycles. The molecule has 7 heteroatoms. The summed E-state index contributed by atoms with van der Waals surface area (Å²) in [6, 6.07) is 4.80. The minimum atomic E-state index is -0.722. The van der Waals surface area contributed by atoms with Crippen molar-refractivity contribution in [2.75, 3.05) is 5.32 Å². The maximum atomic E-state index is 10.9. The average Bonchev–Trinajstić information content (AvgIpc) is 2.41. The summed E-state index contributed by atoms with van der Waals surface area (Å²) in [5.74, 6) is -0.965. The molecule has 2 N–H and O–H groups in total. The van der Waals surface area contributed by atoms with Crippen molar-refractivity contribution >= 4 is 33.3 Å². The maximum Gasteiger partial charge on any atom is 0.306 e. The van der Waals surface area contributed by atoms with E-state index in [0.717, 1.165) is 18.5 Å². The normalized spacial score (nSPS) is 22.2. The lowest BCUT2D eigenvalue weighted by molar-refractivity contribution is -0.384. The summed E-state index contributed by atoms with van der Waals surface area (Å²) in [5, 5.41) is 22.9. The van der Waals surface area contributed by atoms with Gasteiger partial charge in [0.2, 0.25) is 0 Å². The predicted octanol–water partition coefficient (Wildman–Crippen LogP) is 3.41. The largest absolute Gasteiger partial charge is 0.481 e. The van der Waals surface area contributed by atoms with Crippen LogP contribution in [-0.4, -0.2) is 22.0 Å². The van der Waals surface area contributed by atoms with Crippen molar-refractivity contribution in [2.24, 2.45) is 5.92 Å². The molecule has 1 saturated carbocycles. The van der Waals surface area contributed by atoms with Gasteiger partial charge < -0.3 is 10.4 Å². The summed E-state index contributed by atoms with van der Waals surface area (Å²) >= 11 is 3.32. The highest BCUT2D eigenvalue weighted by Gasteiger charge is 2.26. The molecule has 0 bridgehead atoms. The summed E-state index contributed by atoms with van der Waals surface area (Å²) in [4.78, 5) is 21.1. The van der Waals surface area contributed by atoms with E-state index in [4.69, 9.17) is 5.11 Å². The molecule has 0 amide bonds. The Labute approximate surface area is 124 Å². The summed E-state index contributed by atoms with van der Waals surface area (Å²) in [5.41, 5.74) is 0.839. The monoisotopic (exact) mass is 342 g/mol. The first-order valence-electron chi connectivity index (χ1n) is 6.40. The van der Waals surface area contributed by atoms with Crippen LogP contribution in [0.5, 0.6) is 0 Å². The van der Waals surface area contributed by atoms with Gasteiger partial charge >= 0.3 is 5.97 Å². The van der Waals surface area contributed by atoms with Crippen molar-refractivity contribution in [3.05, 3.63) is 32.8 Å². The van der Waals surface area contributed by atoms with Crippen LogP contribution < -0.4 is 5.32 Å². The van der Waals surface area contributed by atoms with Crippen molar-refractivity contribution in [1.29, 1.82) is 0 Å². The van der Waals surface area contributed by atoms with Gasteiger partial charge in [0.05, 0.1) is 10.8 Å². The number of halogens is 1. The summed E-state index contributed by atoms with van der Waals surface area (Å²) in [7, 11) is 0. The second-order valence-corrected chi connectivity index (χ2v) is 5.81. The zero-order chi connectivity index (χ0) is 14.7.